The summed E-state index contributed by atoms with van der Waals surface area (Å²) in [5, 5.41) is 0. The molecule has 0 aromatic carbocycles. The molecule has 0 aliphatic carbocycles. The van der Waals surface area contributed by atoms with E-state index in [0.717, 1.165) is 14.5 Å². The number of nitroso groups, excluding NO2 is 1. The van der Waals surface area contributed by atoms with Crippen molar-refractivity contribution >= 4 is 14.5 Å². The molecule has 5 nitrogen and oxygen atoms in total. The van der Waals surface area contributed by atoms with E-state index in [1.807, 2.05) is 4.23 Å². The van der Waals surface area contributed by atoms with Gasteiger partial charge in [0.05, 0.1) is 0 Å². The molecule has 0 amide bonds. The van der Waals surface area contributed by atoms with Crippen molar-refractivity contribution in [2.75, 3.05) is 0 Å². The minimum Gasteiger partial charge on any atom is 0 e. The summed E-state index contributed by atoms with van der Waals surface area (Å²) in [7, 11) is 0. The molecule has 0 spiro atoms. The van der Waals surface area contributed by atoms with Gasteiger partial charge in [0.15, 0.2) is 0 Å². The third kappa shape index (κ3) is 2.30. The van der Waals surface area contributed by atoms with E-state index in [1.165, 1.54) is 0 Å². The standard InChI is InChI=1S/3CO.2Co.NO/c3*1-2;;;1-2/q;;;;+1;-1. The van der Waals surface area contributed by atoms with E-state index in [1.54, 1.807) is 0 Å². The Hall–Kier alpha value is -0.647. The second-order valence-electron chi connectivity index (χ2n) is 0.739. The Morgan fingerprint density at radius 2 is 1.30 bits per heavy atom. The Kier molecular flexibility index (Phi) is 6.23. The molecular formula is C3Co2NO4. The summed E-state index contributed by atoms with van der Waals surface area (Å²) in [5.41, 5.74) is 0. The van der Waals surface area contributed by atoms with Crippen LogP contribution in [0.3, 0.4) is 0 Å². The third-order valence-electron chi connectivity index (χ3n) is 0.387. The van der Waals surface area contributed by atoms with E-state index in [9.17, 15) is 19.3 Å². The SMILES string of the molecule is O=[C]=[Co](=[C]=O)(=[C]=O)[N]=O.[Co]. The molecule has 0 saturated heterocycles. The summed E-state index contributed by atoms with van der Waals surface area (Å²) in [4.78, 5) is 41.1. The van der Waals surface area contributed by atoms with Gasteiger partial charge in [-0.05, 0) is 0 Å². The number of rotatable bonds is 1. The molecule has 0 aromatic rings. The first kappa shape index (κ1) is 12.1. The maximum absolute atomic E-state index is 9.62. The van der Waals surface area contributed by atoms with E-state index in [2.05, 4.69) is 0 Å². The molecule has 0 rings (SSSR count). The zero-order chi connectivity index (χ0) is 7.33. The van der Waals surface area contributed by atoms with Crippen LogP contribution in [0.1, 0.15) is 0 Å². The van der Waals surface area contributed by atoms with Crippen molar-refractivity contribution in [3.63, 3.8) is 0 Å². The average Bonchev–Trinajstić information content (AvgIpc) is 1.95. The molecule has 0 aliphatic rings. The van der Waals surface area contributed by atoms with E-state index in [0.29, 0.717) is 0 Å². The number of hydrogen-bond acceptors (Lipinski definition) is 5. The molecule has 59 valence electrons. The zero-order valence-electron chi connectivity index (χ0n) is 4.25. The second kappa shape index (κ2) is 5.16. The monoisotopic (exact) mass is 232 g/mol. The van der Waals surface area contributed by atoms with Crippen LogP contribution in [0.15, 0.2) is 4.23 Å². The van der Waals surface area contributed by atoms with Crippen molar-refractivity contribution in [3.05, 3.63) is 4.91 Å². The van der Waals surface area contributed by atoms with E-state index < -0.39 is 11.5 Å². The van der Waals surface area contributed by atoms with Crippen LogP contribution >= 0.6 is 0 Å². The van der Waals surface area contributed by atoms with Gasteiger partial charge in [0, 0.05) is 16.8 Å². The Morgan fingerprint density at radius 1 is 1.00 bits per heavy atom. The smallest absolute Gasteiger partial charge is 0 e. The quantitative estimate of drug-likeness (QED) is 0.544. The first-order chi connectivity index (χ1) is 4.24. The fourth-order valence-corrected chi connectivity index (χ4v) is 0.325. The fraction of sp³-hybridized carbons (Fsp3) is 0. The van der Waals surface area contributed by atoms with Gasteiger partial charge in [-0.15, -0.1) is 0 Å². The van der Waals surface area contributed by atoms with E-state index in [-0.39, 0.29) is 16.8 Å². The third-order valence-corrected chi connectivity index (χ3v) is 1.59. The molecule has 0 N–H and O–H groups in total. The molecule has 0 aromatic heterocycles. The molecule has 0 heterocycles. The van der Waals surface area contributed by atoms with Crippen molar-refractivity contribution in [2.45, 2.75) is 0 Å². The van der Waals surface area contributed by atoms with Crippen molar-refractivity contribution < 1.29 is 42.7 Å². The van der Waals surface area contributed by atoms with Gasteiger partial charge < -0.3 is 0 Å². The molecule has 0 fully saturated rings. The number of nitrogens with zero attached hydrogens (tertiary/aromatic N) is 1. The summed E-state index contributed by atoms with van der Waals surface area (Å²) >= 11 is -3.75. The van der Waals surface area contributed by atoms with Gasteiger partial charge in [0.25, 0.3) is 0 Å². The first-order valence-electron chi connectivity index (χ1n) is 1.44. The molecule has 0 bridgehead atoms. The summed E-state index contributed by atoms with van der Waals surface area (Å²) in [6.07, 6.45) is 0. The molecular weight excluding hydrogens is 232 g/mol. The maximum atomic E-state index is 9.62. The second-order valence-corrected chi connectivity index (χ2v) is 3.05. The molecule has 7 heteroatoms. The molecule has 0 unspecified atom stereocenters. The van der Waals surface area contributed by atoms with E-state index >= 15 is 0 Å². The van der Waals surface area contributed by atoms with Crippen molar-refractivity contribution in [2.24, 2.45) is 4.23 Å². The van der Waals surface area contributed by atoms with Crippen molar-refractivity contribution in [1.82, 2.24) is 0 Å². The maximum Gasteiger partial charge on any atom is 0 e. The number of carbonyl (C=O) groups excluding carboxylic acids is 3. The minimum atomic E-state index is -3.75. The van der Waals surface area contributed by atoms with Gasteiger partial charge in [0.1, 0.15) is 0 Å². The van der Waals surface area contributed by atoms with Gasteiger partial charge >= 0.3 is 49.5 Å². The largest absolute Gasteiger partial charge is 0 e. The van der Waals surface area contributed by atoms with Crippen LogP contribution in [-0.4, -0.2) is 14.5 Å². The molecule has 0 atom stereocenters. The molecule has 10 heavy (non-hydrogen) atoms. The van der Waals surface area contributed by atoms with Crippen LogP contribution in [0, 0.1) is 4.91 Å². The summed E-state index contributed by atoms with van der Waals surface area (Å²) in [6.45, 7) is 0. The summed E-state index contributed by atoms with van der Waals surface area (Å²) < 4.78 is 1.96. The predicted molar refractivity (Wildman–Crippen MR) is 22.9 cm³/mol. The Bertz CT molecular complexity index is 318. The van der Waals surface area contributed by atoms with Crippen LogP contribution in [0.4, 0.5) is 0 Å². The molecule has 1 radical (unpaired) electrons. The van der Waals surface area contributed by atoms with Gasteiger partial charge in [-0.2, -0.15) is 0 Å². The van der Waals surface area contributed by atoms with Crippen LogP contribution < -0.4 is 0 Å². The van der Waals surface area contributed by atoms with Gasteiger partial charge in [0.2, 0.25) is 0 Å². The van der Waals surface area contributed by atoms with Crippen molar-refractivity contribution in [3.8, 4) is 0 Å². The first-order valence-corrected chi connectivity index (χ1v) is 3.47. The predicted octanol–water partition coefficient (Wildman–Crippen LogP) is -0.979. The van der Waals surface area contributed by atoms with Crippen molar-refractivity contribution in [1.29, 1.82) is 0 Å². The normalized spacial score (nSPS) is 9.20. The molecule has 0 saturated carbocycles. The fourth-order valence-electron chi connectivity index (χ4n) is 0.0789. The van der Waals surface area contributed by atoms with Gasteiger partial charge in [-0.1, -0.05) is 0 Å². The summed E-state index contributed by atoms with van der Waals surface area (Å²) in [5.74, 6) is 0. The number of hydrogen-bond donors (Lipinski definition) is 0. The van der Waals surface area contributed by atoms with E-state index in [4.69, 9.17) is 0 Å². The van der Waals surface area contributed by atoms with Gasteiger partial charge in [-0.25, -0.2) is 0 Å². The Balaban J connectivity index is 0. The molecule has 0 aliphatic heterocycles. The van der Waals surface area contributed by atoms with Crippen LogP contribution in [0.5, 0.6) is 0 Å². The Labute approximate surface area is 66.6 Å². The van der Waals surface area contributed by atoms with Crippen LogP contribution in [-0.2, 0) is 42.7 Å². The van der Waals surface area contributed by atoms with Gasteiger partial charge in [-0.3, -0.25) is 0 Å². The summed E-state index contributed by atoms with van der Waals surface area (Å²) in [6, 6.07) is 0. The van der Waals surface area contributed by atoms with Crippen LogP contribution in [0.2, 0.25) is 0 Å². The zero-order valence-corrected chi connectivity index (χ0v) is 6.33. The minimum absolute atomic E-state index is 0. The van der Waals surface area contributed by atoms with Crippen LogP contribution in [0.25, 0.3) is 0 Å². The topological polar surface area (TPSA) is 80.6 Å². The average molecular weight is 232 g/mol. The Morgan fingerprint density at radius 3 is 1.30 bits per heavy atom.